The second kappa shape index (κ2) is 10.9. The number of anilines is 1. The minimum Gasteiger partial charge on any atom is -0.489 e. The molecule has 14 heteroatoms. The molecule has 2 amide bonds. The first-order valence-corrected chi connectivity index (χ1v) is 16.8. The summed E-state index contributed by atoms with van der Waals surface area (Å²) in [6.07, 6.45) is 0.632. The molecule has 7 atom stereocenters. The van der Waals surface area contributed by atoms with Crippen LogP contribution in [0.25, 0.3) is 0 Å². The summed E-state index contributed by atoms with van der Waals surface area (Å²) in [5, 5.41) is 23.7. The van der Waals surface area contributed by atoms with E-state index in [4.69, 9.17) is 4.74 Å². The first-order valence-electron chi connectivity index (χ1n) is 15.1. The number of non-ortho nitro benzene ring substituents is 2. The first kappa shape index (κ1) is 29.6. The van der Waals surface area contributed by atoms with Gasteiger partial charge in [-0.15, -0.1) is 11.8 Å². The van der Waals surface area contributed by atoms with E-state index in [2.05, 4.69) is 4.98 Å². The van der Waals surface area contributed by atoms with Crippen LogP contribution in [0.1, 0.15) is 33.9 Å². The Morgan fingerprint density at radius 1 is 0.915 bits per heavy atom. The Morgan fingerprint density at radius 3 is 2.32 bits per heavy atom. The van der Waals surface area contributed by atoms with Crippen molar-refractivity contribution in [3.05, 3.63) is 118 Å². The summed E-state index contributed by atoms with van der Waals surface area (Å²) >= 11 is 2.58. The maximum absolute atomic E-state index is 14.1. The highest BCUT2D eigenvalue weighted by Gasteiger charge is 2.70. The van der Waals surface area contributed by atoms with Gasteiger partial charge in [0, 0.05) is 45.9 Å². The van der Waals surface area contributed by atoms with Crippen molar-refractivity contribution in [3.8, 4) is 5.75 Å². The number of nitro benzene ring substituents is 2. The molecular formula is C33H26N4O8S2. The lowest BCUT2D eigenvalue weighted by atomic mass is 9.68. The van der Waals surface area contributed by atoms with Crippen LogP contribution < -0.4 is 14.5 Å². The number of benzene rings is 3. The fourth-order valence-corrected chi connectivity index (χ4v) is 11.2. The average Bonchev–Trinajstić information content (AvgIpc) is 3.78. The van der Waals surface area contributed by atoms with Crippen molar-refractivity contribution in [3.63, 3.8) is 0 Å². The van der Waals surface area contributed by atoms with E-state index in [9.17, 15) is 34.6 Å². The van der Waals surface area contributed by atoms with Crippen molar-refractivity contribution < 1.29 is 24.2 Å². The van der Waals surface area contributed by atoms with Gasteiger partial charge in [-0.05, 0) is 54.9 Å². The smallest absolute Gasteiger partial charge is 0.305 e. The van der Waals surface area contributed by atoms with Crippen LogP contribution in [0.15, 0.2) is 76.6 Å². The van der Waals surface area contributed by atoms with Crippen LogP contribution >= 0.6 is 23.1 Å². The fourth-order valence-electron chi connectivity index (χ4n) is 8.33. The van der Waals surface area contributed by atoms with Gasteiger partial charge in [-0.25, -0.2) is 0 Å². The number of nitro groups is 2. The lowest BCUT2D eigenvalue weighted by Gasteiger charge is -2.43. The van der Waals surface area contributed by atoms with Gasteiger partial charge < -0.3 is 9.72 Å². The third-order valence-corrected chi connectivity index (χ3v) is 12.6. The van der Waals surface area contributed by atoms with E-state index in [0.29, 0.717) is 28.4 Å². The molecule has 5 unspecified atom stereocenters. The maximum Gasteiger partial charge on any atom is 0.305 e. The van der Waals surface area contributed by atoms with Gasteiger partial charge in [-0.1, -0.05) is 41.2 Å². The number of carbonyl (C=O) groups excluding carboxylic acids is 2. The van der Waals surface area contributed by atoms with Crippen molar-refractivity contribution in [2.75, 3.05) is 4.90 Å². The van der Waals surface area contributed by atoms with E-state index in [1.165, 1.54) is 48.2 Å². The molecule has 3 fully saturated rings. The number of H-pyrrole nitrogens is 1. The van der Waals surface area contributed by atoms with E-state index in [0.717, 1.165) is 32.2 Å². The second-order valence-corrected chi connectivity index (χ2v) is 14.7. The number of aromatic amines is 1. The van der Waals surface area contributed by atoms with Crippen LogP contribution in [0.2, 0.25) is 0 Å². The molecule has 2 bridgehead atoms. The molecule has 238 valence electrons. The van der Waals surface area contributed by atoms with Crippen molar-refractivity contribution in [2.24, 2.45) is 29.6 Å². The van der Waals surface area contributed by atoms with Crippen LogP contribution in [0.3, 0.4) is 0 Å². The van der Waals surface area contributed by atoms with Gasteiger partial charge in [-0.2, -0.15) is 0 Å². The zero-order valence-corrected chi connectivity index (χ0v) is 26.4. The number of aromatic nitrogens is 1. The summed E-state index contributed by atoms with van der Waals surface area (Å²) < 4.78 is 6.35. The topological polar surface area (TPSA) is 166 Å². The highest BCUT2D eigenvalue weighted by Crippen LogP contribution is 2.69. The van der Waals surface area contributed by atoms with E-state index >= 15 is 0 Å². The third-order valence-electron chi connectivity index (χ3n) is 10.1. The molecule has 2 aliphatic heterocycles. The molecule has 2 aliphatic carbocycles. The number of amides is 2. The molecule has 3 aromatic carbocycles. The number of rotatable bonds is 7. The summed E-state index contributed by atoms with van der Waals surface area (Å²) in [5.41, 5.74) is 2.62. The molecule has 0 spiro atoms. The molecule has 2 saturated carbocycles. The highest BCUT2D eigenvalue weighted by atomic mass is 32.2. The average molecular weight is 671 g/mol. The predicted octanol–water partition coefficient (Wildman–Crippen LogP) is 5.82. The SMILES string of the molecule is Cc1cccc(COc2ccc([N+](=O)[O-])cc2C2c3sc(=O)[nH]c3SC3C2[C@H]2C[C@@H]3C3C(=O)N(c4ccc([N+](=O)[O-])cc4)C(=O)C32)c1. The molecule has 1 saturated heterocycles. The Kier molecular flexibility index (Phi) is 6.84. The van der Waals surface area contributed by atoms with Gasteiger partial charge >= 0.3 is 4.87 Å². The molecule has 8 rings (SSSR count). The molecule has 12 nitrogen and oxygen atoms in total. The van der Waals surface area contributed by atoms with Crippen molar-refractivity contribution in [1.82, 2.24) is 4.98 Å². The molecule has 3 heterocycles. The molecule has 4 aromatic rings. The number of hydrogen-bond donors (Lipinski definition) is 1. The lowest BCUT2D eigenvalue weighted by Crippen LogP contribution is -2.42. The van der Waals surface area contributed by atoms with Crippen LogP contribution in [0, 0.1) is 56.7 Å². The summed E-state index contributed by atoms with van der Waals surface area (Å²) in [7, 11) is 0. The maximum atomic E-state index is 14.1. The van der Waals surface area contributed by atoms with E-state index < -0.39 is 27.6 Å². The van der Waals surface area contributed by atoms with Gasteiger partial charge in [0.1, 0.15) is 12.4 Å². The van der Waals surface area contributed by atoms with Gasteiger partial charge in [0.2, 0.25) is 11.8 Å². The van der Waals surface area contributed by atoms with Gasteiger partial charge in [0.15, 0.2) is 0 Å². The van der Waals surface area contributed by atoms with E-state index in [1.807, 2.05) is 31.2 Å². The molecule has 1 aromatic heterocycles. The molecule has 47 heavy (non-hydrogen) atoms. The van der Waals surface area contributed by atoms with Crippen LogP contribution in [0.4, 0.5) is 17.1 Å². The summed E-state index contributed by atoms with van der Waals surface area (Å²) in [5.74, 6) is -2.48. The molecule has 1 N–H and O–H groups in total. The number of fused-ring (bicyclic) bond motifs is 9. The summed E-state index contributed by atoms with van der Waals surface area (Å²) in [6.45, 7) is 2.21. The zero-order chi connectivity index (χ0) is 32.7. The van der Waals surface area contributed by atoms with Crippen molar-refractivity contribution in [2.45, 2.75) is 36.1 Å². The standard InChI is InChI=1S/C33H26N4O8S2/c1-15-3-2-4-16(11-15)14-45-23-10-9-19(37(43)44)12-20(23)24-25-21-13-22(28(25)46-30-29(24)47-33(40)34-30)27-26(21)31(38)35(32(27)39)17-5-7-18(8-6-17)36(41)42/h2-12,21-22,24-28H,13-14H2,1H3,(H,34,40)/t21-,22-,24?,25?,26?,27?,28?/m1/s1. The van der Waals surface area contributed by atoms with E-state index in [1.54, 1.807) is 6.07 Å². The normalized spacial score (nSPS) is 27.0. The zero-order valence-electron chi connectivity index (χ0n) is 24.7. The molecule has 0 radical (unpaired) electrons. The fraction of sp³-hybridized carbons (Fsp3) is 0.303. The Labute approximate surface area is 275 Å². The second-order valence-electron chi connectivity index (χ2n) is 12.5. The predicted molar refractivity (Wildman–Crippen MR) is 173 cm³/mol. The number of thioether (sulfide) groups is 1. The van der Waals surface area contributed by atoms with Crippen molar-refractivity contribution in [1.29, 1.82) is 0 Å². The van der Waals surface area contributed by atoms with Gasteiger partial charge in [0.05, 0.1) is 32.4 Å². The largest absolute Gasteiger partial charge is 0.489 e. The highest BCUT2D eigenvalue weighted by molar-refractivity contribution is 8.00. The minimum absolute atomic E-state index is 0.111. The monoisotopic (exact) mass is 670 g/mol. The Hall–Kier alpha value is -4.82. The number of aryl methyl sites for hydroxylation is 1. The lowest BCUT2D eigenvalue weighted by molar-refractivity contribution is -0.385. The molecule has 4 aliphatic rings. The Morgan fingerprint density at radius 2 is 1.62 bits per heavy atom. The number of nitrogens with one attached hydrogen (secondary N) is 1. The van der Waals surface area contributed by atoms with Crippen LogP contribution in [-0.4, -0.2) is 31.9 Å². The number of carbonyl (C=O) groups is 2. The van der Waals surface area contributed by atoms with E-state index in [-0.39, 0.29) is 57.7 Å². The van der Waals surface area contributed by atoms with Gasteiger partial charge in [-0.3, -0.25) is 39.5 Å². The minimum atomic E-state index is -0.611. The number of nitrogens with zero attached hydrogens (tertiary/aromatic N) is 3. The van der Waals surface area contributed by atoms with Crippen LogP contribution in [-0.2, 0) is 16.2 Å². The Bertz CT molecular complexity index is 2060. The van der Waals surface area contributed by atoms with Crippen LogP contribution in [0.5, 0.6) is 5.75 Å². The first-order chi connectivity index (χ1) is 22.6. The number of thiazole rings is 1. The van der Waals surface area contributed by atoms with Crippen molar-refractivity contribution >= 4 is 52.0 Å². The Balaban J connectivity index is 1.20. The number of imide groups is 1. The molecular weight excluding hydrogens is 645 g/mol. The summed E-state index contributed by atoms with van der Waals surface area (Å²) in [4.78, 5) is 67.6. The third kappa shape index (κ3) is 4.60. The number of ether oxygens (including phenoxy) is 1. The number of hydrogen-bond acceptors (Lipinski definition) is 10. The quantitative estimate of drug-likeness (QED) is 0.145. The summed E-state index contributed by atoms with van der Waals surface area (Å²) in [6, 6.07) is 17.8. The van der Waals surface area contributed by atoms with Gasteiger partial charge in [0.25, 0.3) is 11.4 Å².